The van der Waals surface area contributed by atoms with Gasteiger partial charge in [-0.2, -0.15) is 0 Å². The van der Waals surface area contributed by atoms with Gasteiger partial charge in [-0.1, -0.05) is 11.6 Å². The number of halogens is 1. The van der Waals surface area contributed by atoms with Crippen molar-refractivity contribution in [2.75, 3.05) is 39.5 Å². The fourth-order valence-corrected chi connectivity index (χ4v) is 3.04. The van der Waals surface area contributed by atoms with E-state index in [0.717, 1.165) is 18.8 Å². The minimum atomic E-state index is -0.460. The van der Waals surface area contributed by atoms with Gasteiger partial charge in [0.1, 0.15) is 50.3 Å². The number of rotatable bonds is 8. The molecule has 1 heterocycles. The largest absolute Gasteiger partial charge is 0.491 e. The number of aliphatic hydroxyl groups excluding tert-OH is 1. The van der Waals surface area contributed by atoms with E-state index in [9.17, 15) is 5.11 Å². The van der Waals surface area contributed by atoms with Crippen LogP contribution in [-0.2, 0) is 9.47 Å². The van der Waals surface area contributed by atoms with Gasteiger partial charge in [-0.15, -0.1) is 0 Å². The first-order chi connectivity index (χ1) is 11.0. The van der Waals surface area contributed by atoms with Crippen LogP contribution in [0.3, 0.4) is 0 Å². The Labute approximate surface area is 143 Å². The fraction of sp³-hybridized carbons (Fsp3) is 0.647. The molecule has 2 rings (SSSR count). The minimum absolute atomic E-state index is 0.245. The normalized spacial score (nSPS) is 26.0. The van der Waals surface area contributed by atoms with Crippen molar-refractivity contribution in [3.8, 4) is 5.75 Å². The zero-order valence-corrected chi connectivity index (χ0v) is 14.6. The Hall–Kier alpha value is -0.850. The fourth-order valence-electron chi connectivity index (χ4n) is 2.92. The maximum atomic E-state index is 10.1. The van der Waals surface area contributed by atoms with Crippen molar-refractivity contribution in [2.24, 2.45) is 0 Å². The predicted octanol–water partition coefficient (Wildman–Crippen LogP) is 0.788. The molecule has 0 aliphatic carbocycles. The highest BCUT2D eigenvalue weighted by Crippen LogP contribution is 2.15. The molecule has 130 valence electrons. The SMILES string of the molecule is C[C@@H]1C[NH+](C[C@H](O)COCCOc2ccc(Cl)cc2)C[C@H](C)O1. The van der Waals surface area contributed by atoms with Gasteiger partial charge in [-0.25, -0.2) is 0 Å². The first kappa shape index (κ1) is 18.5. The summed E-state index contributed by atoms with van der Waals surface area (Å²) in [4.78, 5) is 1.37. The topological polar surface area (TPSA) is 52.4 Å². The molecule has 0 spiro atoms. The number of quaternary nitrogens is 1. The average molecular weight is 345 g/mol. The van der Waals surface area contributed by atoms with Crippen LogP contribution in [-0.4, -0.2) is 62.9 Å². The van der Waals surface area contributed by atoms with E-state index in [1.807, 2.05) is 12.1 Å². The molecule has 1 unspecified atom stereocenters. The van der Waals surface area contributed by atoms with Crippen LogP contribution in [0.2, 0.25) is 5.02 Å². The molecule has 1 saturated heterocycles. The van der Waals surface area contributed by atoms with E-state index in [-0.39, 0.29) is 12.2 Å². The molecule has 1 aliphatic rings. The molecule has 2 N–H and O–H groups in total. The van der Waals surface area contributed by atoms with E-state index >= 15 is 0 Å². The van der Waals surface area contributed by atoms with Crippen molar-refractivity contribution in [3.05, 3.63) is 29.3 Å². The van der Waals surface area contributed by atoms with Crippen LogP contribution < -0.4 is 9.64 Å². The van der Waals surface area contributed by atoms with Gasteiger partial charge < -0.3 is 24.2 Å². The first-order valence-electron chi connectivity index (χ1n) is 8.16. The summed E-state index contributed by atoms with van der Waals surface area (Å²) in [5, 5.41) is 10.8. The van der Waals surface area contributed by atoms with E-state index < -0.39 is 6.10 Å². The number of benzene rings is 1. The molecule has 0 bridgehead atoms. The van der Waals surface area contributed by atoms with Crippen LogP contribution in [0.15, 0.2) is 24.3 Å². The van der Waals surface area contributed by atoms with Crippen LogP contribution in [0.1, 0.15) is 13.8 Å². The van der Waals surface area contributed by atoms with Gasteiger partial charge in [0.05, 0.1) is 13.2 Å². The van der Waals surface area contributed by atoms with Crippen molar-refractivity contribution in [2.45, 2.75) is 32.2 Å². The maximum absolute atomic E-state index is 10.1. The van der Waals surface area contributed by atoms with Crippen molar-refractivity contribution in [1.29, 1.82) is 0 Å². The molecule has 0 saturated carbocycles. The molecule has 1 fully saturated rings. The summed E-state index contributed by atoms with van der Waals surface area (Å²) in [5.74, 6) is 0.763. The monoisotopic (exact) mass is 344 g/mol. The predicted molar refractivity (Wildman–Crippen MR) is 89.3 cm³/mol. The first-order valence-corrected chi connectivity index (χ1v) is 8.54. The molecule has 6 heteroatoms. The van der Waals surface area contributed by atoms with E-state index in [1.165, 1.54) is 4.90 Å². The maximum Gasteiger partial charge on any atom is 0.126 e. The second-order valence-corrected chi connectivity index (χ2v) is 6.59. The van der Waals surface area contributed by atoms with Crippen LogP contribution in [0.4, 0.5) is 0 Å². The lowest BCUT2D eigenvalue weighted by Gasteiger charge is -2.33. The molecule has 0 aromatic heterocycles. The second kappa shape index (κ2) is 9.45. The zero-order valence-electron chi connectivity index (χ0n) is 13.8. The third-order valence-corrected chi connectivity index (χ3v) is 4.01. The Morgan fingerprint density at radius 3 is 2.52 bits per heavy atom. The number of nitrogens with one attached hydrogen (secondary N) is 1. The average Bonchev–Trinajstić information content (AvgIpc) is 2.47. The smallest absolute Gasteiger partial charge is 0.126 e. The summed E-state index contributed by atoms with van der Waals surface area (Å²) in [6.45, 7) is 7.94. The van der Waals surface area contributed by atoms with Crippen LogP contribution in [0.5, 0.6) is 5.75 Å². The summed E-state index contributed by atoms with van der Waals surface area (Å²) < 4.78 is 16.7. The Morgan fingerprint density at radius 1 is 1.22 bits per heavy atom. The third kappa shape index (κ3) is 7.06. The quantitative estimate of drug-likeness (QED) is 0.685. The van der Waals surface area contributed by atoms with E-state index in [4.69, 9.17) is 25.8 Å². The lowest BCUT2D eigenvalue weighted by molar-refractivity contribution is -0.918. The summed E-state index contributed by atoms with van der Waals surface area (Å²) in [7, 11) is 0. The molecule has 0 amide bonds. The summed E-state index contributed by atoms with van der Waals surface area (Å²) in [6.07, 6.45) is 0.0299. The number of ether oxygens (including phenoxy) is 3. The lowest BCUT2D eigenvalue weighted by Crippen LogP contribution is -3.16. The van der Waals surface area contributed by atoms with Crippen molar-refractivity contribution in [1.82, 2.24) is 0 Å². The molecule has 1 aromatic carbocycles. The molecule has 1 aromatic rings. The summed E-state index contributed by atoms with van der Waals surface area (Å²) in [5.41, 5.74) is 0. The minimum Gasteiger partial charge on any atom is -0.491 e. The van der Waals surface area contributed by atoms with Gasteiger partial charge in [0.25, 0.3) is 0 Å². The highest BCUT2D eigenvalue weighted by Gasteiger charge is 2.27. The molecule has 4 atom stereocenters. The van der Waals surface area contributed by atoms with E-state index in [2.05, 4.69) is 13.8 Å². The molecule has 23 heavy (non-hydrogen) atoms. The zero-order chi connectivity index (χ0) is 16.7. The van der Waals surface area contributed by atoms with Gasteiger partial charge in [0, 0.05) is 5.02 Å². The molecule has 0 radical (unpaired) electrons. The second-order valence-electron chi connectivity index (χ2n) is 6.15. The Bertz CT molecular complexity index is 446. The number of hydrogen-bond donors (Lipinski definition) is 2. The van der Waals surface area contributed by atoms with Gasteiger partial charge in [0.2, 0.25) is 0 Å². The van der Waals surface area contributed by atoms with Crippen LogP contribution in [0, 0.1) is 0 Å². The molecule has 5 nitrogen and oxygen atoms in total. The highest BCUT2D eigenvalue weighted by atomic mass is 35.5. The Kier molecular flexibility index (Phi) is 7.59. The Morgan fingerprint density at radius 2 is 1.87 bits per heavy atom. The summed E-state index contributed by atoms with van der Waals surface area (Å²) >= 11 is 5.81. The number of morpholine rings is 1. The lowest BCUT2D eigenvalue weighted by atomic mass is 10.2. The molecule has 1 aliphatic heterocycles. The molecular weight excluding hydrogens is 318 g/mol. The third-order valence-electron chi connectivity index (χ3n) is 3.76. The van der Waals surface area contributed by atoms with Crippen molar-refractivity contribution >= 4 is 11.6 Å². The number of hydrogen-bond acceptors (Lipinski definition) is 4. The van der Waals surface area contributed by atoms with Gasteiger partial charge in [-0.3, -0.25) is 0 Å². The van der Waals surface area contributed by atoms with E-state index in [0.29, 0.717) is 31.4 Å². The van der Waals surface area contributed by atoms with Gasteiger partial charge in [0.15, 0.2) is 0 Å². The standard InChI is InChI=1S/C17H26ClNO4/c1-13-9-19(10-14(2)23-13)11-16(20)12-21-7-8-22-17-5-3-15(18)4-6-17/h3-6,13-14,16,20H,7-12H2,1-2H3/p+1/t13-,14+,16-/m0/s1. The Balaban J connectivity index is 1.56. The van der Waals surface area contributed by atoms with Gasteiger partial charge >= 0.3 is 0 Å². The molecular formula is C17H27ClNO4+. The van der Waals surface area contributed by atoms with Crippen LogP contribution >= 0.6 is 11.6 Å². The van der Waals surface area contributed by atoms with Crippen LogP contribution in [0.25, 0.3) is 0 Å². The van der Waals surface area contributed by atoms with Crippen molar-refractivity contribution in [3.63, 3.8) is 0 Å². The van der Waals surface area contributed by atoms with Crippen molar-refractivity contribution < 1.29 is 24.2 Å². The highest BCUT2D eigenvalue weighted by molar-refractivity contribution is 6.30. The van der Waals surface area contributed by atoms with Gasteiger partial charge in [-0.05, 0) is 38.1 Å². The number of aliphatic hydroxyl groups is 1. The van der Waals surface area contributed by atoms with E-state index in [1.54, 1.807) is 12.1 Å². The summed E-state index contributed by atoms with van der Waals surface area (Å²) in [6, 6.07) is 7.21.